The summed E-state index contributed by atoms with van der Waals surface area (Å²) >= 11 is 0. The first-order valence-corrected chi connectivity index (χ1v) is 10.4. The van der Waals surface area contributed by atoms with Crippen LogP contribution in [0.5, 0.6) is 0 Å². The summed E-state index contributed by atoms with van der Waals surface area (Å²) in [4.78, 5) is 2.48. The molecule has 0 N–H and O–H groups in total. The van der Waals surface area contributed by atoms with Crippen molar-refractivity contribution in [1.29, 1.82) is 0 Å². The van der Waals surface area contributed by atoms with Crippen molar-refractivity contribution in [3.05, 3.63) is 17.0 Å². The quantitative estimate of drug-likeness (QED) is 0.831. The highest BCUT2D eigenvalue weighted by Gasteiger charge is 2.38. The summed E-state index contributed by atoms with van der Waals surface area (Å²) in [5.74, 6) is 0.449. The van der Waals surface area contributed by atoms with E-state index in [4.69, 9.17) is 0 Å². The fourth-order valence-electron chi connectivity index (χ4n) is 4.07. The van der Waals surface area contributed by atoms with Crippen molar-refractivity contribution in [2.24, 2.45) is 5.92 Å². The smallest absolute Gasteiger partial charge is 0.211 e. The third kappa shape index (κ3) is 3.32. The molecule has 4 rings (SSSR count). The van der Waals surface area contributed by atoms with Gasteiger partial charge in [0.2, 0.25) is 10.0 Å². The molecular weight excluding hydrogens is 312 g/mol. The fraction of sp³-hybridized carbons (Fsp3) is 0.812. The molecule has 0 unspecified atom stereocenters. The number of hydrogen-bond donors (Lipinski definition) is 0. The van der Waals surface area contributed by atoms with Gasteiger partial charge in [0.15, 0.2) is 0 Å². The maximum Gasteiger partial charge on any atom is 0.211 e. The topological polar surface area (TPSA) is 58.4 Å². The van der Waals surface area contributed by atoms with E-state index in [-0.39, 0.29) is 0 Å². The molecule has 130 valence electrons. The predicted octanol–water partition coefficient (Wildman–Crippen LogP) is 1.38. The molecule has 0 spiro atoms. The van der Waals surface area contributed by atoms with Crippen LogP contribution >= 0.6 is 0 Å². The maximum absolute atomic E-state index is 12.0. The molecule has 1 aromatic heterocycles. The molecule has 0 radical (unpaired) electrons. The molecule has 3 fully saturated rings. The number of fused-ring (bicyclic) bond motifs is 4. The predicted molar refractivity (Wildman–Crippen MR) is 90.7 cm³/mol. The van der Waals surface area contributed by atoms with Crippen LogP contribution < -0.4 is 0 Å². The maximum atomic E-state index is 12.0. The number of rotatable bonds is 4. The van der Waals surface area contributed by atoms with E-state index in [9.17, 15) is 8.42 Å². The van der Waals surface area contributed by atoms with Gasteiger partial charge in [-0.1, -0.05) is 0 Å². The number of aromatic nitrogens is 2. The van der Waals surface area contributed by atoms with Crippen molar-refractivity contribution in [3.8, 4) is 0 Å². The van der Waals surface area contributed by atoms with Crippen molar-refractivity contribution in [2.75, 3.05) is 25.9 Å². The number of nitrogens with zero attached hydrogens (tertiary/aromatic N) is 4. The molecule has 23 heavy (non-hydrogen) atoms. The van der Waals surface area contributed by atoms with Crippen molar-refractivity contribution < 1.29 is 8.42 Å². The molecule has 0 aliphatic carbocycles. The standard InChI is InChI=1S/C16H28N4O2S/c1-5-20-13(3)16(12(2)17-20)11-18-8-14-6-7-15(18)10-19(9-14)23(4,21)22/h14-15H,5-11H2,1-4H3/t14-,15-/m1/s1. The molecule has 2 atom stereocenters. The first kappa shape index (κ1) is 16.9. The molecule has 7 heteroatoms. The Balaban J connectivity index is 1.81. The van der Waals surface area contributed by atoms with Gasteiger partial charge in [0.05, 0.1) is 11.9 Å². The molecular formula is C16H28N4O2S. The molecule has 2 bridgehead atoms. The Hall–Kier alpha value is -0.920. The summed E-state index contributed by atoms with van der Waals surface area (Å²) < 4.78 is 27.7. The average Bonchev–Trinajstić information content (AvgIpc) is 2.68. The first-order valence-electron chi connectivity index (χ1n) is 8.51. The second-order valence-electron chi connectivity index (χ2n) is 7.07. The monoisotopic (exact) mass is 340 g/mol. The Morgan fingerprint density at radius 1 is 1.17 bits per heavy atom. The number of hydrogen-bond acceptors (Lipinski definition) is 4. The van der Waals surface area contributed by atoms with Crippen LogP contribution in [0.1, 0.15) is 36.7 Å². The van der Waals surface area contributed by atoms with Gasteiger partial charge in [-0.25, -0.2) is 12.7 Å². The zero-order valence-corrected chi connectivity index (χ0v) is 15.4. The lowest BCUT2D eigenvalue weighted by Crippen LogP contribution is -2.44. The molecule has 3 aliphatic heterocycles. The third-order valence-electron chi connectivity index (χ3n) is 5.45. The number of sulfonamides is 1. The van der Waals surface area contributed by atoms with Crippen molar-refractivity contribution in [2.45, 2.75) is 52.7 Å². The second kappa shape index (κ2) is 6.18. The molecule has 3 aliphatic rings. The van der Waals surface area contributed by atoms with Crippen molar-refractivity contribution in [3.63, 3.8) is 0 Å². The van der Waals surface area contributed by atoms with Gasteiger partial charge in [-0.3, -0.25) is 9.58 Å². The van der Waals surface area contributed by atoms with Gasteiger partial charge in [-0.2, -0.15) is 5.10 Å². The SMILES string of the molecule is CCn1nc(C)c(CN2C[C@H]3CC[C@@H]2CN(S(C)(=O)=O)C3)c1C. The van der Waals surface area contributed by atoms with E-state index in [1.165, 1.54) is 17.5 Å². The molecule has 4 heterocycles. The van der Waals surface area contributed by atoms with Crippen LogP contribution in [0, 0.1) is 19.8 Å². The van der Waals surface area contributed by atoms with E-state index in [1.54, 1.807) is 4.31 Å². The zero-order valence-electron chi connectivity index (χ0n) is 14.6. The van der Waals surface area contributed by atoms with Gasteiger partial charge in [0, 0.05) is 50.0 Å². The van der Waals surface area contributed by atoms with E-state index < -0.39 is 10.0 Å². The summed E-state index contributed by atoms with van der Waals surface area (Å²) in [5, 5.41) is 4.62. The minimum Gasteiger partial charge on any atom is -0.294 e. The minimum atomic E-state index is -3.10. The van der Waals surface area contributed by atoms with Crippen LogP contribution in [-0.2, 0) is 23.1 Å². The summed E-state index contributed by atoms with van der Waals surface area (Å²) in [7, 11) is -3.10. The lowest BCUT2D eigenvalue weighted by atomic mass is 9.94. The Morgan fingerprint density at radius 2 is 1.91 bits per heavy atom. The number of piperidine rings is 1. The van der Waals surface area contributed by atoms with Gasteiger partial charge >= 0.3 is 0 Å². The summed E-state index contributed by atoms with van der Waals surface area (Å²) in [6.07, 6.45) is 3.57. The Labute approximate surface area is 139 Å². The normalized spacial score (nSPS) is 26.6. The molecule has 3 saturated heterocycles. The van der Waals surface area contributed by atoms with Gasteiger partial charge in [-0.15, -0.1) is 0 Å². The molecule has 1 aromatic rings. The molecule has 0 saturated carbocycles. The fourth-order valence-corrected chi connectivity index (χ4v) is 5.00. The first-order chi connectivity index (χ1) is 10.8. The summed E-state index contributed by atoms with van der Waals surface area (Å²) in [5.41, 5.74) is 3.65. The van der Waals surface area contributed by atoms with Gasteiger partial charge in [-0.05, 0) is 39.5 Å². The van der Waals surface area contributed by atoms with Crippen LogP contribution in [0.15, 0.2) is 0 Å². The highest BCUT2D eigenvalue weighted by Crippen LogP contribution is 2.31. The van der Waals surface area contributed by atoms with Crippen LogP contribution in [0.25, 0.3) is 0 Å². The van der Waals surface area contributed by atoms with Crippen molar-refractivity contribution >= 4 is 10.0 Å². The average molecular weight is 340 g/mol. The van der Waals surface area contributed by atoms with Gasteiger partial charge < -0.3 is 0 Å². The Morgan fingerprint density at radius 3 is 2.52 bits per heavy atom. The number of aryl methyl sites for hydroxylation is 2. The van der Waals surface area contributed by atoms with Crippen LogP contribution in [0.4, 0.5) is 0 Å². The van der Waals surface area contributed by atoms with Crippen molar-refractivity contribution in [1.82, 2.24) is 19.0 Å². The third-order valence-corrected chi connectivity index (χ3v) is 6.69. The lowest BCUT2D eigenvalue weighted by molar-refractivity contribution is 0.125. The van der Waals surface area contributed by atoms with Crippen LogP contribution in [0.3, 0.4) is 0 Å². The largest absolute Gasteiger partial charge is 0.294 e. The Bertz CT molecular complexity index is 682. The highest BCUT2D eigenvalue weighted by molar-refractivity contribution is 7.88. The summed E-state index contributed by atoms with van der Waals surface area (Å²) in [6, 6.07) is 0.326. The Kier molecular flexibility index (Phi) is 4.55. The van der Waals surface area contributed by atoms with E-state index in [1.807, 2.05) is 0 Å². The van der Waals surface area contributed by atoms with E-state index in [0.29, 0.717) is 25.0 Å². The van der Waals surface area contributed by atoms with E-state index in [0.717, 1.165) is 38.2 Å². The zero-order chi connectivity index (χ0) is 16.8. The van der Waals surface area contributed by atoms with Gasteiger partial charge in [0.25, 0.3) is 0 Å². The molecule has 0 amide bonds. The van der Waals surface area contributed by atoms with Crippen LogP contribution in [-0.4, -0.2) is 59.3 Å². The van der Waals surface area contributed by atoms with E-state index >= 15 is 0 Å². The molecule has 0 aromatic carbocycles. The summed E-state index contributed by atoms with van der Waals surface area (Å²) in [6.45, 7) is 10.4. The molecule has 6 nitrogen and oxygen atoms in total. The lowest BCUT2D eigenvalue weighted by Gasteiger charge is -2.36. The highest BCUT2D eigenvalue weighted by atomic mass is 32.2. The minimum absolute atomic E-state index is 0.326. The van der Waals surface area contributed by atoms with E-state index in [2.05, 4.69) is 35.5 Å². The van der Waals surface area contributed by atoms with Crippen LogP contribution in [0.2, 0.25) is 0 Å². The second-order valence-corrected chi connectivity index (χ2v) is 9.05. The van der Waals surface area contributed by atoms with Gasteiger partial charge in [0.1, 0.15) is 0 Å².